The molecule has 2 N–H and O–H groups in total. The number of hydrogen-bond donors (Lipinski definition) is 2. The van der Waals surface area contributed by atoms with Crippen LogP contribution >= 0.6 is 0 Å². The number of hydrogen-bond acceptors (Lipinski definition) is 5. The summed E-state index contributed by atoms with van der Waals surface area (Å²) in [5, 5.41) is 11.5. The lowest BCUT2D eigenvalue weighted by molar-refractivity contribution is -0.143. The van der Waals surface area contributed by atoms with Crippen LogP contribution in [0.2, 0.25) is 0 Å². The van der Waals surface area contributed by atoms with Gasteiger partial charge in [-0.25, -0.2) is 4.79 Å². The first-order valence-corrected chi connectivity index (χ1v) is 6.84. The molecular formula is C15H21NO5. The molecular weight excluding hydrogens is 274 g/mol. The molecule has 1 atom stereocenters. The summed E-state index contributed by atoms with van der Waals surface area (Å²) in [7, 11) is 1.19. The van der Waals surface area contributed by atoms with Crippen molar-refractivity contribution in [1.29, 1.82) is 0 Å². The number of esters is 1. The summed E-state index contributed by atoms with van der Waals surface area (Å²) in [5.74, 6) is -0.461. The molecule has 0 aliphatic carbocycles. The van der Waals surface area contributed by atoms with Gasteiger partial charge in [0.15, 0.2) is 6.04 Å². The Kier molecular flexibility index (Phi) is 7.25. The lowest BCUT2D eigenvalue weighted by Gasteiger charge is -2.14. The molecule has 0 spiro atoms. The van der Waals surface area contributed by atoms with Gasteiger partial charge in [-0.15, -0.1) is 0 Å². The van der Waals surface area contributed by atoms with Crippen molar-refractivity contribution >= 4 is 11.9 Å². The minimum atomic E-state index is -1.07. The van der Waals surface area contributed by atoms with Gasteiger partial charge in [0, 0.05) is 5.56 Å². The average Bonchev–Trinajstić information content (AvgIpc) is 2.52. The molecule has 0 bridgehead atoms. The predicted octanol–water partition coefficient (Wildman–Crippen LogP) is 1.13. The van der Waals surface area contributed by atoms with Crippen molar-refractivity contribution in [3.8, 4) is 5.75 Å². The Balaban J connectivity index is 2.60. The Morgan fingerprint density at radius 3 is 2.48 bits per heavy atom. The second kappa shape index (κ2) is 8.97. The van der Waals surface area contributed by atoms with E-state index in [1.54, 1.807) is 24.3 Å². The smallest absolute Gasteiger partial charge is 0.330 e. The monoisotopic (exact) mass is 295 g/mol. The van der Waals surface area contributed by atoms with Gasteiger partial charge in [0.25, 0.3) is 5.91 Å². The van der Waals surface area contributed by atoms with Crippen LogP contribution in [0.1, 0.15) is 30.1 Å². The highest BCUT2D eigenvalue weighted by Crippen LogP contribution is 2.12. The molecule has 0 fully saturated rings. The zero-order valence-electron chi connectivity index (χ0n) is 12.3. The van der Waals surface area contributed by atoms with Crippen molar-refractivity contribution < 1.29 is 24.2 Å². The van der Waals surface area contributed by atoms with Crippen LogP contribution in [-0.4, -0.2) is 43.3 Å². The molecule has 0 aliphatic rings. The van der Waals surface area contributed by atoms with Crippen LogP contribution in [0.15, 0.2) is 24.3 Å². The fourth-order valence-corrected chi connectivity index (χ4v) is 1.60. The van der Waals surface area contributed by atoms with Gasteiger partial charge in [-0.05, 0) is 30.7 Å². The number of carbonyl (C=O) groups excluding carboxylic acids is 2. The van der Waals surface area contributed by atoms with Gasteiger partial charge in [-0.1, -0.05) is 13.3 Å². The molecule has 1 aromatic carbocycles. The molecule has 1 rings (SSSR count). The number of rotatable bonds is 8. The van der Waals surface area contributed by atoms with E-state index >= 15 is 0 Å². The molecule has 6 nitrogen and oxygen atoms in total. The zero-order chi connectivity index (χ0) is 15.7. The Morgan fingerprint density at radius 2 is 1.95 bits per heavy atom. The van der Waals surface area contributed by atoms with Crippen LogP contribution < -0.4 is 10.1 Å². The number of ether oxygens (including phenoxy) is 2. The molecule has 21 heavy (non-hydrogen) atoms. The number of aliphatic hydroxyl groups excluding tert-OH is 1. The van der Waals surface area contributed by atoms with Gasteiger partial charge in [-0.2, -0.15) is 0 Å². The molecule has 1 amide bonds. The molecule has 0 radical (unpaired) electrons. The second-order valence-electron chi connectivity index (χ2n) is 4.46. The molecule has 1 unspecified atom stereocenters. The normalized spacial score (nSPS) is 11.6. The molecule has 1 aromatic rings. The molecule has 6 heteroatoms. The van der Waals surface area contributed by atoms with E-state index in [2.05, 4.69) is 17.0 Å². The first-order valence-electron chi connectivity index (χ1n) is 6.84. The maximum absolute atomic E-state index is 11.9. The SMILES string of the molecule is CCCCOc1ccc(C(=O)NC(CO)C(=O)OC)cc1. The largest absolute Gasteiger partial charge is 0.494 e. The summed E-state index contributed by atoms with van der Waals surface area (Å²) >= 11 is 0. The van der Waals surface area contributed by atoms with Crippen molar-refractivity contribution in [3.63, 3.8) is 0 Å². The minimum absolute atomic E-state index is 0.375. The quantitative estimate of drug-likeness (QED) is 0.555. The Hall–Kier alpha value is -2.08. The third kappa shape index (κ3) is 5.43. The van der Waals surface area contributed by atoms with E-state index in [-0.39, 0.29) is 0 Å². The van der Waals surface area contributed by atoms with E-state index in [1.165, 1.54) is 7.11 Å². The molecule has 0 aromatic heterocycles. The number of unbranched alkanes of at least 4 members (excludes halogenated alkanes) is 1. The van der Waals surface area contributed by atoms with Crippen LogP contribution in [0.3, 0.4) is 0 Å². The van der Waals surface area contributed by atoms with Gasteiger partial charge < -0.3 is 19.9 Å². The minimum Gasteiger partial charge on any atom is -0.494 e. The summed E-state index contributed by atoms with van der Waals surface area (Å²) in [6.45, 7) is 2.20. The van der Waals surface area contributed by atoms with Crippen LogP contribution in [0.4, 0.5) is 0 Å². The molecule has 0 saturated heterocycles. The van der Waals surface area contributed by atoms with Crippen LogP contribution in [0.25, 0.3) is 0 Å². The number of carbonyl (C=O) groups is 2. The maximum Gasteiger partial charge on any atom is 0.330 e. The van der Waals surface area contributed by atoms with E-state index in [1.807, 2.05) is 0 Å². The van der Waals surface area contributed by atoms with Crippen LogP contribution in [0, 0.1) is 0 Å². The number of methoxy groups -OCH3 is 1. The highest BCUT2D eigenvalue weighted by Gasteiger charge is 2.20. The van der Waals surface area contributed by atoms with E-state index in [4.69, 9.17) is 9.84 Å². The first-order chi connectivity index (χ1) is 10.1. The predicted molar refractivity (Wildman–Crippen MR) is 77.2 cm³/mol. The van der Waals surface area contributed by atoms with Crippen LogP contribution in [-0.2, 0) is 9.53 Å². The van der Waals surface area contributed by atoms with Gasteiger partial charge in [-0.3, -0.25) is 4.79 Å². The highest BCUT2D eigenvalue weighted by molar-refractivity contribution is 5.96. The molecule has 0 aliphatic heterocycles. The lowest BCUT2D eigenvalue weighted by atomic mass is 10.2. The number of nitrogens with one attached hydrogen (secondary N) is 1. The highest BCUT2D eigenvalue weighted by atomic mass is 16.5. The van der Waals surface area contributed by atoms with E-state index in [0.29, 0.717) is 17.9 Å². The van der Waals surface area contributed by atoms with Crippen molar-refractivity contribution in [2.24, 2.45) is 0 Å². The van der Waals surface area contributed by atoms with Gasteiger partial charge in [0.1, 0.15) is 5.75 Å². The maximum atomic E-state index is 11.9. The van der Waals surface area contributed by atoms with Gasteiger partial charge in [0.05, 0.1) is 20.3 Å². The van der Waals surface area contributed by atoms with Crippen molar-refractivity contribution in [3.05, 3.63) is 29.8 Å². The second-order valence-corrected chi connectivity index (χ2v) is 4.46. The Labute approximate surface area is 124 Å². The summed E-state index contributed by atoms with van der Waals surface area (Å²) in [4.78, 5) is 23.2. The van der Waals surface area contributed by atoms with Crippen molar-refractivity contribution in [2.75, 3.05) is 20.3 Å². The molecule has 0 saturated carbocycles. The summed E-state index contributed by atoms with van der Waals surface area (Å²) in [5.41, 5.74) is 0.375. The number of amides is 1. The summed E-state index contributed by atoms with van der Waals surface area (Å²) in [6.07, 6.45) is 2.02. The van der Waals surface area contributed by atoms with E-state index in [0.717, 1.165) is 12.8 Å². The van der Waals surface area contributed by atoms with E-state index < -0.39 is 24.5 Å². The fraction of sp³-hybridized carbons (Fsp3) is 0.467. The Morgan fingerprint density at radius 1 is 1.29 bits per heavy atom. The topological polar surface area (TPSA) is 84.9 Å². The van der Waals surface area contributed by atoms with Gasteiger partial charge in [0.2, 0.25) is 0 Å². The van der Waals surface area contributed by atoms with Crippen LogP contribution in [0.5, 0.6) is 5.75 Å². The van der Waals surface area contributed by atoms with Crippen molar-refractivity contribution in [2.45, 2.75) is 25.8 Å². The zero-order valence-corrected chi connectivity index (χ0v) is 12.3. The number of aliphatic hydroxyl groups is 1. The summed E-state index contributed by atoms with van der Waals surface area (Å²) < 4.78 is 9.97. The van der Waals surface area contributed by atoms with Gasteiger partial charge >= 0.3 is 5.97 Å². The standard InChI is InChI=1S/C15H21NO5/c1-3-4-9-21-12-7-5-11(6-8-12)14(18)16-13(10-17)15(19)20-2/h5-8,13,17H,3-4,9-10H2,1-2H3,(H,16,18). The number of benzene rings is 1. The van der Waals surface area contributed by atoms with Crippen molar-refractivity contribution in [1.82, 2.24) is 5.32 Å². The third-order valence-electron chi connectivity index (χ3n) is 2.86. The fourth-order valence-electron chi connectivity index (χ4n) is 1.60. The van der Waals surface area contributed by atoms with E-state index in [9.17, 15) is 9.59 Å². The summed E-state index contributed by atoms with van der Waals surface area (Å²) in [6, 6.07) is 5.51. The lowest BCUT2D eigenvalue weighted by Crippen LogP contribution is -2.44. The average molecular weight is 295 g/mol. The Bertz CT molecular complexity index is 458. The third-order valence-corrected chi connectivity index (χ3v) is 2.86. The first kappa shape index (κ1) is 17.0. The molecule has 0 heterocycles. The molecule has 116 valence electrons.